The second-order valence-electron chi connectivity index (χ2n) is 6.99. The molecule has 118 valence electrons. The van der Waals surface area contributed by atoms with Crippen molar-refractivity contribution in [1.29, 1.82) is 0 Å². The van der Waals surface area contributed by atoms with Crippen LogP contribution in [0.1, 0.15) is 58.8 Å². The third-order valence-electron chi connectivity index (χ3n) is 5.39. The minimum Gasteiger partial charge on any atom is -0.313 e. The van der Waals surface area contributed by atoms with Gasteiger partial charge in [0.15, 0.2) is 0 Å². The lowest BCUT2D eigenvalue weighted by atomic mass is 10.1. The number of hydrogen-bond donors (Lipinski definition) is 1. The van der Waals surface area contributed by atoms with Gasteiger partial charge in [0.05, 0.1) is 0 Å². The molecule has 0 spiro atoms. The van der Waals surface area contributed by atoms with Crippen molar-refractivity contribution >= 4 is 0 Å². The van der Waals surface area contributed by atoms with Crippen molar-refractivity contribution in [3.63, 3.8) is 0 Å². The van der Waals surface area contributed by atoms with E-state index in [1.807, 2.05) is 0 Å². The molecular formula is C17H35N3. The number of unbranched alkanes of at least 4 members (excludes halogenated alkanes) is 2. The minimum absolute atomic E-state index is 0.688. The Kier molecular flexibility index (Phi) is 6.79. The van der Waals surface area contributed by atoms with Crippen LogP contribution in [-0.2, 0) is 0 Å². The monoisotopic (exact) mass is 281 g/mol. The zero-order chi connectivity index (χ0) is 14.4. The quantitative estimate of drug-likeness (QED) is 0.690. The van der Waals surface area contributed by atoms with E-state index in [1.54, 1.807) is 0 Å². The molecule has 3 nitrogen and oxygen atoms in total. The largest absolute Gasteiger partial charge is 0.313 e. The maximum atomic E-state index is 3.71. The van der Waals surface area contributed by atoms with Crippen LogP contribution in [0.3, 0.4) is 0 Å². The molecule has 0 saturated carbocycles. The smallest absolute Gasteiger partial charge is 0.0223 e. The van der Waals surface area contributed by atoms with Crippen LogP contribution in [0.4, 0.5) is 0 Å². The molecular weight excluding hydrogens is 246 g/mol. The van der Waals surface area contributed by atoms with Crippen LogP contribution in [-0.4, -0.2) is 61.2 Å². The van der Waals surface area contributed by atoms with Gasteiger partial charge in [-0.05, 0) is 46.2 Å². The zero-order valence-corrected chi connectivity index (χ0v) is 13.9. The van der Waals surface area contributed by atoms with Crippen LogP contribution < -0.4 is 5.32 Å². The van der Waals surface area contributed by atoms with E-state index < -0.39 is 0 Å². The van der Waals surface area contributed by atoms with Crippen molar-refractivity contribution in [3.05, 3.63) is 0 Å². The highest BCUT2D eigenvalue weighted by Gasteiger charge is 2.34. The molecule has 0 radical (unpaired) electrons. The molecule has 2 heterocycles. The van der Waals surface area contributed by atoms with Gasteiger partial charge in [-0.25, -0.2) is 0 Å². The summed E-state index contributed by atoms with van der Waals surface area (Å²) in [4.78, 5) is 5.33. The summed E-state index contributed by atoms with van der Waals surface area (Å²) in [5.41, 5.74) is 0. The second-order valence-corrected chi connectivity index (χ2v) is 6.99. The molecule has 3 unspecified atom stereocenters. The Bertz CT molecular complexity index is 269. The SMILES string of the molecule is CCCCCC(C)NCCN1CCC2CCC(C1)N2C. The first-order valence-corrected chi connectivity index (χ1v) is 8.88. The van der Waals surface area contributed by atoms with E-state index in [1.165, 1.54) is 64.6 Å². The van der Waals surface area contributed by atoms with Gasteiger partial charge in [0.25, 0.3) is 0 Å². The summed E-state index contributed by atoms with van der Waals surface area (Å²) in [5, 5.41) is 3.71. The van der Waals surface area contributed by atoms with E-state index in [4.69, 9.17) is 0 Å². The zero-order valence-electron chi connectivity index (χ0n) is 13.9. The van der Waals surface area contributed by atoms with Crippen LogP contribution in [0.15, 0.2) is 0 Å². The normalized spacial score (nSPS) is 29.6. The topological polar surface area (TPSA) is 18.5 Å². The van der Waals surface area contributed by atoms with Crippen LogP contribution in [0, 0.1) is 0 Å². The van der Waals surface area contributed by atoms with E-state index in [2.05, 4.69) is 36.0 Å². The molecule has 20 heavy (non-hydrogen) atoms. The van der Waals surface area contributed by atoms with Crippen molar-refractivity contribution in [1.82, 2.24) is 15.1 Å². The minimum atomic E-state index is 0.688. The molecule has 0 aliphatic carbocycles. The van der Waals surface area contributed by atoms with Gasteiger partial charge in [-0.3, -0.25) is 4.90 Å². The lowest BCUT2D eigenvalue weighted by Crippen LogP contribution is -2.40. The maximum absolute atomic E-state index is 3.71. The standard InChI is InChI=1S/C17H35N3/c1-4-5-6-7-15(2)18-11-13-20-12-10-16-8-9-17(14-20)19(16)3/h15-18H,4-14H2,1-3H3. The number of likely N-dealkylation sites (tertiary alicyclic amines) is 1. The van der Waals surface area contributed by atoms with Crippen molar-refractivity contribution in [3.8, 4) is 0 Å². The van der Waals surface area contributed by atoms with Crippen LogP contribution >= 0.6 is 0 Å². The predicted octanol–water partition coefficient (Wildman–Crippen LogP) is 2.71. The van der Waals surface area contributed by atoms with E-state index in [0.29, 0.717) is 6.04 Å². The summed E-state index contributed by atoms with van der Waals surface area (Å²) in [6.07, 6.45) is 9.65. The Morgan fingerprint density at radius 1 is 1.15 bits per heavy atom. The van der Waals surface area contributed by atoms with Gasteiger partial charge in [-0.2, -0.15) is 0 Å². The molecule has 2 rings (SSSR count). The molecule has 1 N–H and O–H groups in total. The molecule has 0 amide bonds. The number of fused-ring (bicyclic) bond motifs is 2. The third kappa shape index (κ3) is 4.71. The summed E-state index contributed by atoms with van der Waals surface area (Å²) in [6.45, 7) is 9.61. The molecule has 2 saturated heterocycles. The lowest BCUT2D eigenvalue weighted by molar-refractivity contribution is 0.218. The first-order valence-electron chi connectivity index (χ1n) is 8.88. The Morgan fingerprint density at radius 3 is 2.75 bits per heavy atom. The van der Waals surface area contributed by atoms with Gasteiger partial charge >= 0.3 is 0 Å². The first kappa shape index (κ1) is 16.3. The van der Waals surface area contributed by atoms with Gasteiger partial charge < -0.3 is 10.2 Å². The summed E-state index contributed by atoms with van der Waals surface area (Å²) in [5.74, 6) is 0. The fourth-order valence-electron chi connectivity index (χ4n) is 3.85. The van der Waals surface area contributed by atoms with Crippen LogP contribution in [0.2, 0.25) is 0 Å². The Hall–Kier alpha value is -0.120. The molecule has 0 aromatic carbocycles. The Labute approximate surface area is 126 Å². The Morgan fingerprint density at radius 2 is 1.95 bits per heavy atom. The number of nitrogens with one attached hydrogen (secondary N) is 1. The highest BCUT2D eigenvalue weighted by molar-refractivity contribution is 4.91. The van der Waals surface area contributed by atoms with Gasteiger partial charge in [-0.15, -0.1) is 0 Å². The van der Waals surface area contributed by atoms with Crippen LogP contribution in [0.5, 0.6) is 0 Å². The molecule has 3 atom stereocenters. The summed E-state index contributed by atoms with van der Waals surface area (Å²) in [6, 6.07) is 2.38. The van der Waals surface area contributed by atoms with Gasteiger partial charge in [0, 0.05) is 37.8 Å². The van der Waals surface area contributed by atoms with Crippen molar-refractivity contribution in [2.24, 2.45) is 0 Å². The lowest BCUT2D eigenvalue weighted by Gasteiger charge is -2.26. The molecule has 0 aromatic rings. The summed E-state index contributed by atoms with van der Waals surface area (Å²) >= 11 is 0. The highest BCUT2D eigenvalue weighted by atomic mass is 15.3. The molecule has 2 fully saturated rings. The maximum Gasteiger partial charge on any atom is 0.0223 e. The first-order chi connectivity index (χ1) is 9.70. The van der Waals surface area contributed by atoms with Gasteiger partial charge in [0.2, 0.25) is 0 Å². The second kappa shape index (κ2) is 8.35. The average molecular weight is 281 g/mol. The van der Waals surface area contributed by atoms with Crippen molar-refractivity contribution in [2.45, 2.75) is 76.9 Å². The number of rotatable bonds is 8. The number of likely N-dealkylation sites (N-methyl/N-ethyl adjacent to an activating group) is 1. The fourth-order valence-corrected chi connectivity index (χ4v) is 3.85. The summed E-state index contributed by atoms with van der Waals surface area (Å²) in [7, 11) is 2.33. The van der Waals surface area contributed by atoms with Gasteiger partial charge in [-0.1, -0.05) is 26.2 Å². The van der Waals surface area contributed by atoms with E-state index in [9.17, 15) is 0 Å². The predicted molar refractivity (Wildman–Crippen MR) is 87.2 cm³/mol. The summed E-state index contributed by atoms with van der Waals surface area (Å²) < 4.78 is 0. The molecule has 0 aromatic heterocycles. The van der Waals surface area contributed by atoms with E-state index in [-0.39, 0.29) is 0 Å². The van der Waals surface area contributed by atoms with Crippen molar-refractivity contribution in [2.75, 3.05) is 33.2 Å². The molecule has 2 aliphatic heterocycles. The van der Waals surface area contributed by atoms with Gasteiger partial charge in [0.1, 0.15) is 0 Å². The van der Waals surface area contributed by atoms with E-state index in [0.717, 1.165) is 18.6 Å². The van der Waals surface area contributed by atoms with Crippen molar-refractivity contribution < 1.29 is 0 Å². The molecule has 2 bridgehead atoms. The number of nitrogens with zero attached hydrogens (tertiary/aromatic N) is 2. The number of hydrogen-bond acceptors (Lipinski definition) is 3. The van der Waals surface area contributed by atoms with Crippen LogP contribution in [0.25, 0.3) is 0 Å². The average Bonchev–Trinajstić information content (AvgIpc) is 2.67. The fraction of sp³-hybridized carbons (Fsp3) is 1.00. The third-order valence-corrected chi connectivity index (χ3v) is 5.39. The molecule has 3 heteroatoms. The van der Waals surface area contributed by atoms with E-state index >= 15 is 0 Å². The highest BCUT2D eigenvalue weighted by Crippen LogP contribution is 2.28. The Balaban J connectivity index is 1.60. The molecule has 2 aliphatic rings.